The Labute approximate surface area is 153 Å². The molecule has 1 amide bonds. The molecule has 7 heteroatoms. The van der Waals surface area contributed by atoms with Crippen LogP contribution in [0.2, 0.25) is 10.0 Å². The molecule has 0 fully saturated rings. The van der Waals surface area contributed by atoms with Crippen molar-refractivity contribution in [2.45, 2.75) is 18.2 Å². The molecule has 124 valence electrons. The molecule has 3 aromatic rings. The van der Waals surface area contributed by atoms with Crippen LogP contribution in [0.3, 0.4) is 0 Å². The van der Waals surface area contributed by atoms with Gasteiger partial charge in [0.1, 0.15) is 5.52 Å². The molecule has 1 N–H and O–H groups in total. The van der Waals surface area contributed by atoms with Gasteiger partial charge in [0.05, 0.1) is 11.8 Å². The number of oxazole rings is 1. The fraction of sp³-hybridized carbons (Fsp3) is 0.176. The number of thioether (sulfide) groups is 1. The molecular formula is C17H14Cl2N2O2S. The van der Waals surface area contributed by atoms with Crippen molar-refractivity contribution in [3.05, 3.63) is 58.1 Å². The van der Waals surface area contributed by atoms with E-state index in [1.165, 1.54) is 11.8 Å². The molecule has 24 heavy (non-hydrogen) atoms. The van der Waals surface area contributed by atoms with Gasteiger partial charge in [0, 0.05) is 16.1 Å². The number of hydrogen-bond acceptors (Lipinski definition) is 4. The van der Waals surface area contributed by atoms with Gasteiger partial charge in [-0.2, -0.15) is 0 Å². The number of benzene rings is 2. The van der Waals surface area contributed by atoms with Crippen molar-refractivity contribution in [1.29, 1.82) is 0 Å². The van der Waals surface area contributed by atoms with Gasteiger partial charge in [-0.25, -0.2) is 4.98 Å². The van der Waals surface area contributed by atoms with Gasteiger partial charge in [-0.3, -0.25) is 4.79 Å². The molecule has 1 heterocycles. The summed E-state index contributed by atoms with van der Waals surface area (Å²) in [6.07, 6.45) is 0. The van der Waals surface area contributed by atoms with Crippen molar-refractivity contribution in [2.75, 3.05) is 5.75 Å². The number of halogens is 2. The number of nitrogens with one attached hydrogen (secondary N) is 1. The molecule has 0 spiro atoms. The third-order valence-electron chi connectivity index (χ3n) is 3.38. The van der Waals surface area contributed by atoms with Crippen LogP contribution in [-0.2, 0) is 4.79 Å². The monoisotopic (exact) mass is 380 g/mol. The lowest BCUT2D eigenvalue weighted by Crippen LogP contribution is -2.28. The van der Waals surface area contributed by atoms with Crippen LogP contribution in [-0.4, -0.2) is 16.6 Å². The first-order valence-electron chi connectivity index (χ1n) is 7.25. The first-order valence-corrected chi connectivity index (χ1v) is 8.99. The van der Waals surface area contributed by atoms with Crippen molar-refractivity contribution < 1.29 is 9.21 Å². The van der Waals surface area contributed by atoms with Crippen molar-refractivity contribution in [2.24, 2.45) is 0 Å². The number of nitrogens with zero attached hydrogens (tertiary/aromatic N) is 1. The lowest BCUT2D eigenvalue weighted by Gasteiger charge is -2.14. The lowest BCUT2D eigenvalue weighted by molar-refractivity contribution is -0.119. The Morgan fingerprint density at radius 3 is 2.83 bits per heavy atom. The topological polar surface area (TPSA) is 55.1 Å². The second-order valence-electron chi connectivity index (χ2n) is 5.22. The second-order valence-corrected chi connectivity index (χ2v) is 7.02. The normalized spacial score (nSPS) is 12.3. The third-order valence-corrected chi connectivity index (χ3v) is 4.68. The van der Waals surface area contributed by atoms with Crippen LogP contribution in [0, 0.1) is 0 Å². The minimum absolute atomic E-state index is 0.104. The highest BCUT2D eigenvalue weighted by atomic mass is 35.5. The molecule has 0 aliphatic rings. The van der Waals surface area contributed by atoms with Crippen molar-refractivity contribution in [1.82, 2.24) is 10.3 Å². The van der Waals surface area contributed by atoms with E-state index >= 15 is 0 Å². The van der Waals surface area contributed by atoms with Crippen molar-refractivity contribution in [3.8, 4) is 0 Å². The van der Waals surface area contributed by atoms with Gasteiger partial charge < -0.3 is 9.73 Å². The number of rotatable bonds is 5. The van der Waals surface area contributed by atoms with Crippen LogP contribution in [0.25, 0.3) is 11.1 Å². The van der Waals surface area contributed by atoms with Gasteiger partial charge in [-0.05, 0) is 36.8 Å². The zero-order valence-corrected chi connectivity index (χ0v) is 15.1. The summed E-state index contributed by atoms with van der Waals surface area (Å²) >= 11 is 13.1. The molecule has 1 atom stereocenters. The van der Waals surface area contributed by atoms with Crippen LogP contribution in [0.1, 0.15) is 18.5 Å². The summed E-state index contributed by atoms with van der Waals surface area (Å²) in [7, 11) is 0. The lowest BCUT2D eigenvalue weighted by atomic mass is 10.1. The van der Waals surface area contributed by atoms with Crippen LogP contribution in [0.5, 0.6) is 0 Å². The number of fused-ring (bicyclic) bond motifs is 1. The number of aromatic nitrogens is 1. The van der Waals surface area contributed by atoms with Crippen LogP contribution in [0.4, 0.5) is 0 Å². The summed E-state index contributed by atoms with van der Waals surface area (Å²) in [6, 6.07) is 12.5. The summed E-state index contributed by atoms with van der Waals surface area (Å²) in [4.78, 5) is 16.4. The largest absolute Gasteiger partial charge is 0.431 e. The fourth-order valence-corrected chi connectivity index (χ4v) is 3.22. The molecule has 0 saturated carbocycles. The Hall–Kier alpha value is -1.69. The smallest absolute Gasteiger partial charge is 0.257 e. The third kappa shape index (κ3) is 4.23. The molecule has 0 unspecified atom stereocenters. The Morgan fingerprint density at radius 1 is 1.25 bits per heavy atom. The van der Waals surface area contributed by atoms with E-state index in [1.807, 2.05) is 25.1 Å². The summed E-state index contributed by atoms with van der Waals surface area (Å²) in [6.45, 7) is 1.91. The molecule has 0 radical (unpaired) electrons. The van der Waals surface area contributed by atoms with Gasteiger partial charge >= 0.3 is 0 Å². The summed E-state index contributed by atoms with van der Waals surface area (Å²) in [5.74, 6) is 0.110. The summed E-state index contributed by atoms with van der Waals surface area (Å²) in [5.41, 5.74) is 2.28. The number of hydrogen-bond donors (Lipinski definition) is 1. The molecular weight excluding hydrogens is 367 g/mol. The maximum Gasteiger partial charge on any atom is 0.257 e. The quantitative estimate of drug-likeness (QED) is 0.625. The number of amides is 1. The summed E-state index contributed by atoms with van der Waals surface area (Å²) in [5, 5.41) is 4.60. The molecule has 3 rings (SSSR count). The van der Waals surface area contributed by atoms with Crippen molar-refractivity contribution in [3.63, 3.8) is 0 Å². The Kier molecular flexibility index (Phi) is 5.33. The predicted molar refractivity (Wildman–Crippen MR) is 97.8 cm³/mol. The number of carbonyl (C=O) groups is 1. The summed E-state index contributed by atoms with van der Waals surface area (Å²) < 4.78 is 5.57. The highest BCUT2D eigenvalue weighted by molar-refractivity contribution is 7.99. The van der Waals surface area contributed by atoms with E-state index in [0.717, 1.165) is 11.1 Å². The van der Waals surface area contributed by atoms with Gasteiger partial charge in [-0.1, -0.05) is 47.1 Å². The zero-order chi connectivity index (χ0) is 17.1. The standard InChI is InChI=1S/C17H14Cl2N2O2S/c1-10(11-3-2-4-12(18)7-11)20-16(22)9-24-17-21-14-6-5-13(19)8-15(14)23-17/h2-8,10H,9H2,1H3,(H,20,22)/t10-/m0/s1. The maximum atomic E-state index is 12.1. The fourth-order valence-electron chi connectivity index (χ4n) is 2.21. The molecule has 0 bridgehead atoms. The highest BCUT2D eigenvalue weighted by Gasteiger charge is 2.13. The van der Waals surface area contributed by atoms with E-state index in [2.05, 4.69) is 10.3 Å². The maximum absolute atomic E-state index is 12.1. The average molecular weight is 381 g/mol. The van der Waals surface area contributed by atoms with E-state index in [9.17, 15) is 4.79 Å². The van der Waals surface area contributed by atoms with E-state index in [-0.39, 0.29) is 17.7 Å². The molecule has 0 aliphatic carbocycles. The van der Waals surface area contributed by atoms with Gasteiger partial charge in [0.25, 0.3) is 5.22 Å². The van der Waals surface area contributed by atoms with Gasteiger partial charge in [-0.15, -0.1) is 0 Å². The molecule has 1 aromatic heterocycles. The Balaban J connectivity index is 1.58. The molecule has 4 nitrogen and oxygen atoms in total. The SMILES string of the molecule is C[C@H](NC(=O)CSc1nc2ccc(Cl)cc2o1)c1cccc(Cl)c1. The number of carbonyl (C=O) groups excluding carboxylic acids is 1. The Bertz CT molecular complexity index is 882. The predicted octanol–water partition coefficient (Wildman–Crippen LogP) is 5.10. The minimum atomic E-state index is -0.126. The second kappa shape index (κ2) is 7.47. The van der Waals surface area contributed by atoms with E-state index in [0.29, 0.717) is 20.9 Å². The highest BCUT2D eigenvalue weighted by Crippen LogP contribution is 2.25. The first kappa shape index (κ1) is 17.1. The van der Waals surface area contributed by atoms with E-state index in [1.54, 1.807) is 24.3 Å². The molecule has 0 saturated heterocycles. The van der Waals surface area contributed by atoms with E-state index < -0.39 is 0 Å². The van der Waals surface area contributed by atoms with Gasteiger partial charge in [0.2, 0.25) is 5.91 Å². The molecule has 0 aliphatic heterocycles. The zero-order valence-electron chi connectivity index (χ0n) is 12.8. The van der Waals surface area contributed by atoms with Crippen LogP contribution in [0.15, 0.2) is 52.1 Å². The first-order chi connectivity index (χ1) is 11.5. The molecule has 2 aromatic carbocycles. The van der Waals surface area contributed by atoms with Crippen LogP contribution < -0.4 is 5.32 Å². The van der Waals surface area contributed by atoms with Crippen molar-refractivity contribution >= 4 is 52.0 Å². The minimum Gasteiger partial charge on any atom is -0.431 e. The Morgan fingerprint density at radius 2 is 2.04 bits per heavy atom. The average Bonchev–Trinajstić information content (AvgIpc) is 2.95. The van der Waals surface area contributed by atoms with Gasteiger partial charge in [0.15, 0.2) is 5.58 Å². The van der Waals surface area contributed by atoms with E-state index in [4.69, 9.17) is 27.6 Å². The van der Waals surface area contributed by atoms with Crippen LogP contribution >= 0.6 is 35.0 Å².